The second-order valence-electron chi connectivity index (χ2n) is 7.67. The summed E-state index contributed by atoms with van der Waals surface area (Å²) in [4.78, 5) is 18.0. The summed E-state index contributed by atoms with van der Waals surface area (Å²) in [5.41, 5.74) is 1.13. The van der Waals surface area contributed by atoms with Gasteiger partial charge < -0.3 is 9.30 Å². The molecule has 3 aromatic rings. The zero-order valence-electron chi connectivity index (χ0n) is 19.7. The Kier molecular flexibility index (Phi) is 9.44. The van der Waals surface area contributed by atoms with E-state index in [0.717, 1.165) is 23.1 Å². The first-order chi connectivity index (χ1) is 16.3. The fraction of sp³-hybridized carbons (Fsp3) is 0.417. The third-order valence-corrected chi connectivity index (χ3v) is 8.46. The quantitative estimate of drug-likeness (QED) is 0.333. The summed E-state index contributed by atoms with van der Waals surface area (Å²) in [5.74, 6) is -0.448. The van der Waals surface area contributed by atoms with E-state index in [-0.39, 0.29) is 4.90 Å². The molecule has 1 amide bonds. The average molecular weight is 524 g/mol. The molecular weight excluding hydrogens is 494 g/mol. The number of thiazole rings is 1. The molecule has 0 radical (unpaired) electrons. The minimum absolute atomic E-state index is 0.173. The normalized spacial score (nSPS) is 12.7. The van der Waals surface area contributed by atoms with Crippen molar-refractivity contribution in [3.05, 3.63) is 57.9 Å². The maximum Gasteiger partial charge on any atom is 0.279 e. The van der Waals surface area contributed by atoms with E-state index in [9.17, 15) is 13.2 Å². The number of carbonyl (C=O) groups excluding carboxylic acids is 1. The van der Waals surface area contributed by atoms with Crippen molar-refractivity contribution in [2.24, 2.45) is 4.99 Å². The molecule has 184 valence electrons. The fourth-order valence-corrected chi connectivity index (χ4v) is 6.64. The van der Waals surface area contributed by atoms with Gasteiger partial charge in [-0.15, -0.1) is 0 Å². The lowest BCUT2D eigenvalue weighted by molar-refractivity contribution is 0.0996. The van der Waals surface area contributed by atoms with Crippen molar-refractivity contribution in [2.75, 3.05) is 26.3 Å². The minimum Gasteiger partial charge on any atom is -0.380 e. The molecule has 0 N–H and O–H groups in total. The summed E-state index contributed by atoms with van der Waals surface area (Å²) in [5, 5.41) is 0.581. The summed E-state index contributed by atoms with van der Waals surface area (Å²) in [6, 6.07) is 11.6. The van der Waals surface area contributed by atoms with Gasteiger partial charge in [0.2, 0.25) is 10.0 Å². The standard InChI is InChI=1S/C24H30ClN3O4S2/c1-4-14-27(15-5-2)34(30,31)19-12-10-18(11-13-19)23(29)26-24-28(16-17-32-6-3)22-20(25)8-7-9-21(22)33-24/h7-13H,4-6,14-17H2,1-3H3. The smallest absolute Gasteiger partial charge is 0.279 e. The van der Waals surface area contributed by atoms with Crippen molar-refractivity contribution < 1.29 is 17.9 Å². The Hall–Kier alpha value is -2.04. The van der Waals surface area contributed by atoms with Crippen LogP contribution in [0.25, 0.3) is 10.2 Å². The molecule has 0 unspecified atom stereocenters. The number of rotatable bonds is 11. The Morgan fingerprint density at radius 3 is 2.38 bits per heavy atom. The molecule has 0 spiro atoms. The van der Waals surface area contributed by atoms with Gasteiger partial charge in [0, 0.05) is 31.8 Å². The lowest BCUT2D eigenvalue weighted by Gasteiger charge is -2.21. The van der Waals surface area contributed by atoms with Gasteiger partial charge in [0.25, 0.3) is 5.91 Å². The van der Waals surface area contributed by atoms with E-state index >= 15 is 0 Å². The van der Waals surface area contributed by atoms with Crippen molar-refractivity contribution in [2.45, 2.75) is 45.1 Å². The predicted molar refractivity (Wildman–Crippen MR) is 137 cm³/mol. The molecule has 0 fully saturated rings. The molecule has 0 atom stereocenters. The Morgan fingerprint density at radius 1 is 1.09 bits per heavy atom. The average Bonchev–Trinajstić information content (AvgIpc) is 3.17. The molecule has 0 saturated carbocycles. The van der Waals surface area contributed by atoms with E-state index in [1.807, 2.05) is 37.5 Å². The van der Waals surface area contributed by atoms with Gasteiger partial charge >= 0.3 is 0 Å². The van der Waals surface area contributed by atoms with Crippen molar-refractivity contribution in [1.82, 2.24) is 8.87 Å². The SMILES string of the molecule is CCCN(CCC)S(=O)(=O)c1ccc(C(=O)N=c2sc3cccc(Cl)c3n2CCOCC)cc1. The van der Waals surface area contributed by atoms with Crippen molar-refractivity contribution in [3.8, 4) is 0 Å². The Labute approximate surface area is 209 Å². The van der Waals surface area contributed by atoms with E-state index in [2.05, 4.69) is 4.99 Å². The molecule has 2 aromatic carbocycles. The molecule has 0 aliphatic carbocycles. The van der Waals surface area contributed by atoms with Crippen LogP contribution in [-0.4, -0.2) is 49.5 Å². The van der Waals surface area contributed by atoms with Crippen molar-refractivity contribution in [3.63, 3.8) is 0 Å². The van der Waals surface area contributed by atoms with Crippen LogP contribution in [0.4, 0.5) is 0 Å². The number of hydrogen-bond acceptors (Lipinski definition) is 5. The third kappa shape index (κ3) is 5.95. The van der Waals surface area contributed by atoms with E-state index in [1.54, 1.807) is 6.07 Å². The van der Waals surface area contributed by atoms with E-state index < -0.39 is 15.9 Å². The molecule has 3 rings (SSSR count). The molecule has 0 aliphatic heterocycles. The van der Waals surface area contributed by atoms with E-state index in [4.69, 9.17) is 16.3 Å². The largest absolute Gasteiger partial charge is 0.380 e. The Morgan fingerprint density at radius 2 is 1.76 bits per heavy atom. The number of ether oxygens (including phenoxy) is 1. The molecule has 0 bridgehead atoms. The molecule has 0 aliphatic rings. The maximum absolute atomic E-state index is 13.0. The van der Waals surface area contributed by atoms with E-state index in [0.29, 0.717) is 48.2 Å². The highest BCUT2D eigenvalue weighted by atomic mass is 35.5. The molecule has 10 heteroatoms. The van der Waals surface area contributed by atoms with Crippen LogP contribution in [-0.2, 0) is 21.3 Å². The molecular formula is C24H30ClN3O4S2. The number of nitrogens with zero attached hydrogens (tertiary/aromatic N) is 3. The highest BCUT2D eigenvalue weighted by molar-refractivity contribution is 7.89. The second kappa shape index (κ2) is 12.1. The summed E-state index contributed by atoms with van der Waals surface area (Å²) >= 11 is 7.80. The zero-order chi connectivity index (χ0) is 24.7. The van der Waals surface area contributed by atoms with Gasteiger partial charge in [-0.05, 0) is 56.2 Å². The lowest BCUT2D eigenvalue weighted by atomic mass is 10.2. The molecule has 0 saturated heterocycles. The summed E-state index contributed by atoms with van der Waals surface area (Å²) in [6.45, 7) is 8.30. The van der Waals surface area contributed by atoms with Crippen molar-refractivity contribution in [1.29, 1.82) is 0 Å². The van der Waals surface area contributed by atoms with Crippen LogP contribution in [0.5, 0.6) is 0 Å². The van der Waals surface area contributed by atoms with Crippen LogP contribution >= 0.6 is 22.9 Å². The van der Waals surface area contributed by atoms with Gasteiger partial charge in [-0.1, -0.05) is 42.9 Å². The van der Waals surface area contributed by atoms with Gasteiger partial charge in [-0.2, -0.15) is 9.30 Å². The number of hydrogen-bond donors (Lipinski definition) is 0. The van der Waals surface area contributed by atoms with Gasteiger partial charge in [0.15, 0.2) is 4.80 Å². The number of carbonyl (C=O) groups is 1. The summed E-state index contributed by atoms with van der Waals surface area (Å²) < 4.78 is 35.7. The summed E-state index contributed by atoms with van der Waals surface area (Å²) in [7, 11) is -3.61. The monoisotopic (exact) mass is 523 g/mol. The lowest BCUT2D eigenvalue weighted by Crippen LogP contribution is -2.32. The minimum atomic E-state index is -3.61. The predicted octanol–water partition coefficient (Wildman–Crippen LogP) is 4.94. The maximum atomic E-state index is 13.0. The van der Waals surface area contributed by atoms with Crippen molar-refractivity contribution >= 4 is 49.1 Å². The number of benzene rings is 2. The zero-order valence-corrected chi connectivity index (χ0v) is 22.0. The van der Waals surface area contributed by atoms with Gasteiger partial charge in [-0.3, -0.25) is 4.79 Å². The molecule has 1 aromatic heterocycles. The van der Waals surface area contributed by atoms with Gasteiger partial charge in [0.05, 0.1) is 26.7 Å². The number of halogens is 1. The van der Waals surface area contributed by atoms with Gasteiger partial charge in [-0.25, -0.2) is 8.42 Å². The number of amides is 1. The first kappa shape index (κ1) is 26.6. The molecule has 34 heavy (non-hydrogen) atoms. The van der Waals surface area contributed by atoms with Crippen LogP contribution in [0.2, 0.25) is 5.02 Å². The number of sulfonamides is 1. The number of aromatic nitrogens is 1. The highest BCUT2D eigenvalue weighted by Gasteiger charge is 2.23. The number of para-hydroxylation sites is 1. The topological polar surface area (TPSA) is 81.0 Å². The van der Waals surface area contributed by atoms with Crippen LogP contribution in [0, 0.1) is 0 Å². The summed E-state index contributed by atoms with van der Waals surface area (Å²) in [6.07, 6.45) is 1.47. The van der Waals surface area contributed by atoms with Crippen LogP contribution < -0.4 is 4.80 Å². The molecule has 7 nitrogen and oxygen atoms in total. The third-order valence-electron chi connectivity index (χ3n) is 5.20. The van der Waals surface area contributed by atoms with Gasteiger partial charge in [0.1, 0.15) is 0 Å². The number of fused-ring (bicyclic) bond motifs is 1. The Balaban J connectivity index is 1.94. The first-order valence-electron chi connectivity index (χ1n) is 11.4. The Bertz CT molecular complexity index is 1290. The second-order valence-corrected chi connectivity index (χ2v) is 11.0. The van der Waals surface area contributed by atoms with Crippen LogP contribution in [0.3, 0.4) is 0 Å². The first-order valence-corrected chi connectivity index (χ1v) is 14.0. The van der Waals surface area contributed by atoms with E-state index in [1.165, 1.54) is 39.9 Å². The van der Waals surface area contributed by atoms with Crippen LogP contribution in [0.1, 0.15) is 44.0 Å². The molecule has 1 heterocycles. The highest BCUT2D eigenvalue weighted by Crippen LogP contribution is 2.25. The fourth-order valence-electron chi connectivity index (χ4n) is 3.60. The van der Waals surface area contributed by atoms with Crippen LogP contribution in [0.15, 0.2) is 52.4 Å².